The van der Waals surface area contributed by atoms with Crippen molar-refractivity contribution in [2.24, 2.45) is 5.14 Å². The molecule has 0 aliphatic rings. The Bertz CT molecular complexity index is 901. The van der Waals surface area contributed by atoms with Crippen LogP contribution in [0.15, 0.2) is 57.9 Å². The number of rotatable bonds is 1. The molecule has 0 saturated heterocycles. The molecule has 1 aromatic heterocycles. The normalized spacial score (nSPS) is 11.1. The first kappa shape index (κ1) is 16.7. The number of halogens is 1. The van der Waals surface area contributed by atoms with E-state index in [1.807, 2.05) is 6.07 Å². The van der Waals surface area contributed by atoms with Crippen LogP contribution >= 0.6 is 15.9 Å². The zero-order valence-electron chi connectivity index (χ0n) is 12.3. The summed E-state index contributed by atoms with van der Waals surface area (Å²) >= 11 is 3.49. The largest absolute Gasteiger partial charge is 0.359 e. The van der Waals surface area contributed by atoms with E-state index in [1.54, 1.807) is 25.1 Å². The van der Waals surface area contributed by atoms with Gasteiger partial charge in [-0.3, -0.25) is 0 Å². The van der Waals surface area contributed by atoms with Crippen LogP contribution in [-0.2, 0) is 10.0 Å². The second kappa shape index (κ2) is 6.64. The lowest BCUT2D eigenvalue weighted by Crippen LogP contribution is -2.13. The first-order valence-corrected chi connectivity index (χ1v) is 8.95. The number of primary sulfonamides is 1. The fourth-order valence-corrected chi connectivity index (χ4v) is 3.40. The molecular weight excluding hydrogens is 364 g/mol. The number of nitrogens with two attached hydrogens (primary N) is 1. The first-order chi connectivity index (χ1) is 10.3. The molecule has 0 saturated carbocycles. The third-order valence-corrected chi connectivity index (χ3v) is 4.91. The first-order valence-electron chi connectivity index (χ1n) is 6.61. The van der Waals surface area contributed by atoms with Gasteiger partial charge < -0.3 is 4.98 Å². The quantitative estimate of drug-likeness (QED) is 0.671. The van der Waals surface area contributed by atoms with Gasteiger partial charge in [-0.25, -0.2) is 13.6 Å². The van der Waals surface area contributed by atoms with E-state index in [4.69, 9.17) is 5.14 Å². The van der Waals surface area contributed by atoms with Crippen molar-refractivity contribution in [3.05, 3.63) is 64.3 Å². The fraction of sp³-hybridized carbons (Fsp3) is 0.125. The summed E-state index contributed by atoms with van der Waals surface area (Å²) < 4.78 is 22.8. The van der Waals surface area contributed by atoms with Crippen molar-refractivity contribution in [3.63, 3.8) is 0 Å². The molecule has 0 aliphatic heterocycles. The number of sulfonamides is 1. The van der Waals surface area contributed by atoms with E-state index < -0.39 is 10.0 Å². The topological polar surface area (TPSA) is 76.0 Å². The average Bonchev–Trinajstić information content (AvgIpc) is 2.81. The van der Waals surface area contributed by atoms with Crippen molar-refractivity contribution in [2.45, 2.75) is 18.7 Å². The fourth-order valence-electron chi connectivity index (χ4n) is 2.13. The zero-order chi connectivity index (χ0) is 16.3. The van der Waals surface area contributed by atoms with Gasteiger partial charge in [-0.15, -0.1) is 0 Å². The van der Waals surface area contributed by atoms with Crippen LogP contribution in [0.2, 0.25) is 0 Å². The highest BCUT2D eigenvalue weighted by molar-refractivity contribution is 9.10. The highest BCUT2D eigenvalue weighted by Crippen LogP contribution is 2.23. The van der Waals surface area contributed by atoms with E-state index in [2.05, 4.69) is 46.0 Å². The number of H-pyrrole nitrogens is 1. The van der Waals surface area contributed by atoms with Gasteiger partial charge in [0.1, 0.15) is 0 Å². The van der Waals surface area contributed by atoms with Crippen molar-refractivity contribution in [2.75, 3.05) is 0 Å². The summed E-state index contributed by atoms with van der Waals surface area (Å²) in [6.45, 7) is 3.77. The van der Waals surface area contributed by atoms with Crippen molar-refractivity contribution >= 4 is 36.9 Å². The van der Waals surface area contributed by atoms with Crippen molar-refractivity contribution in [1.82, 2.24) is 4.98 Å². The summed E-state index contributed by atoms with van der Waals surface area (Å²) in [7, 11) is -3.53. The van der Waals surface area contributed by atoms with E-state index in [0.717, 1.165) is 4.47 Å². The molecule has 0 spiro atoms. The summed E-state index contributed by atoms with van der Waals surface area (Å²) in [6.07, 6.45) is 0. The third-order valence-electron chi connectivity index (χ3n) is 3.15. The molecule has 0 aliphatic carbocycles. The zero-order valence-corrected chi connectivity index (χ0v) is 14.7. The number of aryl methyl sites for hydroxylation is 2. The Hall–Kier alpha value is -1.63. The Morgan fingerprint density at radius 1 is 1.05 bits per heavy atom. The van der Waals surface area contributed by atoms with Crippen molar-refractivity contribution < 1.29 is 8.42 Å². The van der Waals surface area contributed by atoms with Crippen LogP contribution in [0.3, 0.4) is 0 Å². The molecule has 3 rings (SSSR count). The number of nitrogens with one attached hydrogen (secondary N) is 1. The van der Waals surface area contributed by atoms with Gasteiger partial charge in [0.05, 0.1) is 4.90 Å². The maximum Gasteiger partial charge on any atom is 0.238 e. The Morgan fingerprint density at radius 3 is 2.27 bits per heavy atom. The number of aromatic amines is 1. The molecular formula is C16H17BrN2O2S. The van der Waals surface area contributed by atoms with Gasteiger partial charge in [0.25, 0.3) is 0 Å². The van der Waals surface area contributed by atoms with Crippen LogP contribution in [0.4, 0.5) is 0 Å². The van der Waals surface area contributed by atoms with Crippen LogP contribution in [-0.4, -0.2) is 13.4 Å². The monoisotopic (exact) mass is 380 g/mol. The Balaban J connectivity index is 0.000000160. The second-order valence-corrected chi connectivity index (χ2v) is 7.35. The van der Waals surface area contributed by atoms with Gasteiger partial charge in [-0.2, -0.15) is 0 Å². The lowest BCUT2D eigenvalue weighted by molar-refractivity contribution is 0.597. The average molecular weight is 381 g/mol. The standard InChI is InChI=1S/C9H8BrN.C7H9NO2S/c1-6-5-7-8(10)3-2-4-9(7)11-6;1-6-4-2-3-5-7(6)11(8,9)10/h2-5,11H,1H3;2-5H,1H3,(H2,8,9,10). The molecule has 3 aromatic rings. The van der Waals surface area contributed by atoms with E-state index in [9.17, 15) is 8.42 Å². The molecule has 0 radical (unpaired) electrons. The van der Waals surface area contributed by atoms with Crippen LogP contribution in [0, 0.1) is 13.8 Å². The minimum absolute atomic E-state index is 0.194. The summed E-state index contributed by atoms with van der Waals surface area (Å²) in [4.78, 5) is 3.46. The van der Waals surface area contributed by atoms with Crippen molar-refractivity contribution in [3.8, 4) is 0 Å². The second-order valence-electron chi connectivity index (χ2n) is 4.96. The minimum atomic E-state index is -3.53. The number of hydrogen-bond acceptors (Lipinski definition) is 2. The molecule has 22 heavy (non-hydrogen) atoms. The number of aromatic nitrogens is 1. The van der Waals surface area contributed by atoms with Crippen LogP contribution in [0.5, 0.6) is 0 Å². The van der Waals surface area contributed by atoms with E-state index in [1.165, 1.54) is 22.7 Å². The maximum atomic E-state index is 10.8. The van der Waals surface area contributed by atoms with Gasteiger partial charge >= 0.3 is 0 Å². The molecule has 6 heteroatoms. The molecule has 116 valence electrons. The Morgan fingerprint density at radius 2 is 1.73 bits per heavy atom. The molecule has 4 nitrogen and oxygen atoms in total. The Kier molecular flexibility index (Phi) is 5.05. The summed E-state index contributed by atoms with van der Waals surface area (Å²) in [5, 5.41) is 6.18. The predicted octanol–water partition coefficient (Wildman–Crippen LogP) is 3.88. The summed E-state index contributed by atoms with van der Waals surface area (Å²) in [5.74, 6) is 0. The molecule has 0 fully saturated rings. The van der Waals surface area contributed by atoms with E-state index in [-0.39, 0.29) is 4.90 Å². The highest BCUT2D eigenvalue weighted by atomic mass is 79.9. The smallest absolute Gasteiger partial charge is 0.238 e. The van der Waals surface area contributed by atoms with Gasteiger partial charge in [0, 0.05) is 21.1 Å². The molecule has 2 aromatic carbocycles. The lowest BCUT2D eigenvalue weighted by Gasteiger charge is -2.00. The minimum Gasteiger partial charge on any atom is -0.359 e. The van der Waals surface area contributed by atoms with Crippen LogP contribution < -0.4 is 5.14 Å². The number of benzene rings is 2. The molecule has 0 bridgehead atoms. The number of hydrogen-bond donors (Lipinski definition) is 2. The van der Waals surface area contributed by atoms with Gasteiger partial charge in [-0.05, 0) is 43.7 Å². The van der Waals surface area contributed by atoms with Crippen molar-refractivity contribution in [1.29, 1.82) is 0 Å². The lowest BCUT2D eigenvalue weighted by atomic mass is 10.2. The molecule has 0 unspecified atom stereocenters. The third kappa shape index (κ3) is 3.97. The van der Waals surface area contributed by atoms with E-state index >= 15 is 0 Å². The highest BCUT2D eigenvalue weighted by Gasteiger charge is 2.08. The van der Waals surface area contributed by atoms with Crippen LogP contribution in [0.1, 0.15) is 11.3 Å². The van der Waals surface area contributed by atoms with Gasteiger partial charge in [0.15, 0.2) is 0 Å². The maximum absolute atomic E-state index is 10.8. The summed E-state index contributed by atoms with van der Waals surface area (Å²) in [5.41, 5.74) is 3.07. The van der Waals surface area contributed by atoms with E-state index in [0.29, 0.717) is 5.56 Å². The SMILES string of the molecule is Cc1cc2c(Br)cccc2[nH]1.Cc1ccccc1S(N)(=O)=O. The summed E-state index contributed by atoms with van der Waals surface area (Å²) in [6, 6.07) is 14.9. The molecule has 3 N–H and O–H groups in total. The van der Waals surface area contributed by atoms with Crippen LogP contribution in [0.25, 0.3) is 10.9 Å². The molecule has 1 heterocycles. The predicted molar refractivity (Wildman–Crippen MR) is 93.3 cm³/mol. The van der Waals surface area contributed by atoms with Gasteiger partial charge in [-0.1, -0.05) is 40.2 Å². The van der Waals surface area contributed by atoms with Gasteiger partial charge in [0.2, 0.25) is 10.0 Å². The number of fused-ring (bicyclic) bond motifs is 1. The Labute approximate surface area is 138 Å². The molecule has 0 amide bonds. The molecule has 0 atom stereocenters.